The van der Waals surface area contributed by atoms with Gasteiger partial charge in [0, 0.05) is 37.1 Å². The molecule has 4 aromatic rings. The van der Waals surface area contributed by atoms with Crippen LogP contribution in [0.1, 0.15) is 9.67 Å². The molecule has 10 heteroatoms. The first-order valence-corrected chi connectivity index (χ1v) is 11.5. The zero-order chi connectivity index (χ0) is 21.5. The van der Waals surface area contributed by atoms with Gasteiger partial charge in [-0.1, -0.05) is 12.1 Å². The van der Waals surface area contributed by atoms with Crippen LogP contribution in [0.25, 0.3) is 32.5 Å². The van der Waals surface area contributed by atoms with Crippen molar-refractivity contribution in [2.75, 3.05) is 57.5 Å². The van der Waals surface area contributed by atoms with Crippen LogP contribution in [0, 0.1) is 0 Å². The highest BCUT2D eigenvalue weighted by atomic mass is 32.1. The Morgan fingerprint density at radius 3 is 2.62 bits per heavy atom. The summed E-state index contributed by atoms with van der Waals surface area (Å²) in [5.41, 5.74) is 2.64. The third-order valence-corrected chi connectivity index (χ3v) is 7.01. The number of carbonyl (C=O) groups excluding carboxylic acids is 1. The third-order valence-electron chi connectivity index (χ3n) is 5.90. The molecule has 1 amide bonds. The zero-order valence-corrected chi connectivity index (χ0v) is 18.2. The Morgan fingerprint density at radius 2 is 1.81 bits per heavy atom. The molecule has 2 fully saturated rings. The van der Waals surface area contributed by atoms with E-state index in [1.807, 2.05) is 29.2 Å². The van der Waals surface area contributed by atoms with Gasteiger partial charge in [0.25, 0.3) is 5.91 Å². The summed E-state index contributed by atoms with van der Waals surface area (Å²) >= 11 is 1.47. The summed E-state index contributed by atoms with van der Waals surface area (Å²) < 4.78 is 11.9. The molecule has 5 heterocycles. The molecule has 6 rings (SSSR count). The van der Waals surface area contributed by atoms with Gasteiger partial charge in [0.15, 0.2) is 11.6 Å². The second-order valence-electron chi connectivity index (χ2n) is 7.84. The van der Waals surface area contributed by atoms with Crippen molar-refractivity contribution in [2.45, 2.75) is 0 Å². The Hall–Kier alpha value is -3.08. The lowest BCUT2D eigenvalue weighted by atomic mass is 10.1. The van der Waals surface area contributed by atoms with Gasteiger partial charge in [-0.2, -0.15) is 5.10 Å². The molecule has 1 N–H and O–H groups in total. The van der Waals surface area contributed by atoms with Crippen molar-refractivity contribution < 1.29 is 14.3 Å². The molecule has 0 spiro atoms. The Labute approximate surface area is 188 Å². The number of hydrogen-bond acceptors (Lipinski definition) is 8. The van der Waals surface area contributed by atoms with Crippen molar-refractivity contribution >= 4 is 44.2 Å². The van der Waals surface area contributed by atoms with Crippen molar-refractivity contribution in [1.82, 2.24) is 25.1 Å². The minimum atomic E-state index is 0.0303. The van der Waals surface area contributed by atoms with Crippen molar-refractivity contribution in [3.05, 3.63) is 35.3 Å². The molecule has 32 heavy (non-hydrogen) atoms. The lowest BCUT2D eigenvalue weighted by molar-refractivity contribution is 0.0306. The van der Waals surface area contributed by atoms with Gasteiger partial charge in [0.05, 0.1) is 53.2 Å². The van der Waals surface area contributed by atoms with E-state index in [9.17, 15) is 4.79 Å². The molecule has 9 nitrogen and oxygen atoms in total. The van der Waals surface area contributed by atoms with Crippen LogP contribution in [0.5, 0.6) is 0 Å². The molecular formula is C22H22N6O3S. The Bertz CT molecular complexity index is 1290. The first kappa shape index (κ1) is 19.6. The second kappa shape index (κ2) is 8.12. The van der Waals surface area contributed by atoms with Crippen LogP contribution in [0.15, 0.2) is 30.5 Å². The fourth-order valence-corrected chi connectivity index (χ4v) is 5.30. The monoisotopic (exact) mass is 450 g/mol. The number of nitrogens with one attached hydrogen (secondary N) is 1. The molecular weight excluding hydrogens is 428 g/mol. The number of thiophene rings is 1. The number of carbonyl (C=O) groups is 1. The van der Waals surface area contributed by atoms with Crippen LogP contribution in [0.2, 0.25) is 0 Å². The molecule has 0 radical (unpaired) electrons. The van der Waals surface area contributed by atoms with Crippen LogP contribution in [0.3, 0.4) is 0 Å². The highest BCUT2D eigenvalue weighted by Crippen LogP contribution is 2.36. The van der Waals surface area contributed by atoms with Crippen molar-refractivity contribution in [2.24, 2.45) is 0 Å². The molecule has 0 saturated carbocycles. The molecule has 0 bridgehead atoms. The minimum Gasteiger partial charge on any atom is -0.378 e. The number of benzene rings is 1. The van der Waals surface area contributed by atoms with E-state index in [1.54, 1.807) is 6.20 Å². The molecule has 1 aromatic carbocycles. The number of fused-ring (bicyclic) bond motifs is 2. The molecule has 0 aliphatic carbocycles. The van der Waals surface area contributed by atoms with Gasteiger partial charge < -0.3 is 19.3 Å². The molecule has 2 aliphatic heterocycles. The predicted molar refractivity (Wildman–Crippen MR) is 122 cm³/mol. The van der Waals surface area contributed by atoms with Crippen LogP contribution >= 0.6 is 11.3 Å². The van der Waals surface area contributed by atoms with E-state index in [1.165, 1.54) is 11.3 Å². The van der Waals surface area contributed by atoms with Crippen LogP contribution in [-0.2, 0) is 9.47 Å². The number of aromatic amines is 1. The maximum Gasteiger partial charge on any atom is 0.264 e. The Balaban J connectivity index is 1.49. The number of hydrogen-bond donors (Lipinski definition) is 1. The van der Waals surface area contributed by atoms with E-state index >= 15 is 0 Å². The lowest BCUT2D eigenvalue weighted by Gasteiger charge is -2.28. The molecule has 0 unspecified atom stereocenters. The standard InChI is InChI=1S/C22H22N6O3S/c29-22(28-6-10-31-11-7-28)18-12-17-19(32-18)21(27-4-8-30-9-5-27)25-20(24-17)14-2-1-3-16-15(14)13-23-26-16/h1-3,12-13H,4-11H2,(H,23,26). The topological polar surface area (TPSA) is 96.5 Å². The number of H-pyrrole nitrogens is 1. The number of nitrogens with zero attached hydrogens (tertiary/aromatic N) is 5. The van der Waals surface area contributed by atoms with Gasteiger partial charge in [-0.05, 0) is 12.1 Å². The normalized spacial score (nSPS) is 17.4. The minimum absolute atomic E-state index is 0.0303. The SMILES string of the molecule is O=C(c1cc2nc(-c3cccc4[nH]ncc34)nc(N3CCOCC3)c2s1)N1CCOCC1. The number of aromatic nitrogens is 4. The summed E-state index contributed by atoms with van der Waals surface area (Å²) in [5, 5.41) is 8.16. The van der Waals surface area contributed by atoms with Gasteiger partial charge in [-0.15, -0.1) is 11.3 Å². The van der Waals surface area contributed by atoms with E-state index in [4.69, 9.17) is 19.4 Å². The summed E-state index contributed by atoms with van der Waals surface area (Å²) in [6.45, 7) is 5.21. The first-order valence-electron chi connectivity index (χ1n) is 10.7. The van der Waals surface area contributed by atoms with Crippen LogP contribution in [0.4, 0.5) is 5.82 Å². The van der Waals surface area contributed by atoms with Gasteiger partial charge >= 0.3 is 0 Å². The van der Waals surface area contributed by atoms with Gasteiger partial charge in [-0.3, -0.25) is 9.89 Å². The van der Waals surface area contributed by atoms with Crippen LogP contribution < -0.4 is 4.90 Å². The van der Waals surface area contributed by atoms with Crippen LogP contribution in [-0.4, -0.2) is 83.6 Å². The molecule has 3 aromatic heterocycles. The summed E-state index contributed by atoms with van der Waals surface area (Å²) in [6, 6.07) is 7.87. The van der Waals surface area contributed by atoms with E-state index in [0.29, 0.717) is 50.2 Å². The highest BCUT2D eigenvalue weighted by Gasteiger charge is 2.25. The zero-order valence-electron chi connectivity index (χ0n) is 17.4. The van der Waals surface area contributed by atoms with E-state index < -0.39 is 0 Å². The van der Waals surface area contributed by atoms with E-state index in [0.717, 1.165) is 45.6 Å². The number of rotatable bonds is 3. The molecule has 164 valence electrons. The van der Waals surface area contributed by atoms with E-state index in [2.05, 4.69) is 15.1 Å². The van der Waals surface area contributed by atoms with Crippen molar-refractivity contribution in [3.63, 3.8) is 0 Å². The maximum absolute atomic E-state index is 13.1. The highest BCUT2D eigenvalue weighted by molar-refractivity contribution is 7.21. The molecule has 2 aliphatic rings. The maximum atomic E-state index is 13.1. The third kappa shape index (κ3) is 3.40. The smallest absolute Gasteiger partial charge is 0.264 e. The van der Waals surface area contributed by atoms with Gasteiger partial charge in [0.2, 0.25) is 0 Å². The fraction of sp³-hybridized carbons (Fsp3) is 0.364. The Kier molecular flexibility index (Phi) is 4.97. The summed E-state index contributed by atoms with van der Waals surface area (Å²) in [4.78, 5) is 27.8. The summed E-state index contributed by atoms with van der Waals surface area (Å²) in [7, 11) is 0. The fourth-order valence-electron chi connectivity index (χ4n) is 4.22. The number of amides is 1. The van der Waals surface area contributed by atoms with Crippen molar-refractivity contribution in [1.29, 1.82) is 0 Å². The van der Waals surface area contributed by atoms with Crippen molar-refractivity contribution in [3.8, 4) is 11.4 Å². The first-order chi connectivity index (χ1) is 15.8. The summed E-state index contributed by atoms with van der Waals surface area (Å²) in [6.07, 6.45) is 1.80. The van der Waals surface area contributed by atoms with Gasteiger partial charge in [-0.25, -0.2) is 9.97 Å². The summed E-state index contributed by atoms with van der Waals surface area (Å²) in [5.74, 6) is 1.52. The second-order valence-corrected chi connectivity index (χ2v) is 8.89. The molecule has 2 saturated heterocycles. The average Bonchev–Trinajstić information content (AvgIpc) is 3.51. The average molecular weight is 451 g/mol. The van der Waals surface area contributed by atoms with E-state index in [-0.39, 0.29) is 5.91 Å². The van der Waals surface area contributed by atoms with Gasteiger partial charge in [0.1, 0.15) is 0 Å². The largest absolute Gasteiger partial charge is 0.378 e. The quantitative estimate of drug-likeness (QED) is 0.512. The Morgan fingerprint density at radius 1 is 1.03 bits per heavy atom. The number of anilines is 1. The predicted octanol–water partition coefficient (Wildman–Crippen LogP) is 2.54. The lowest BCUT2D eigenvalue weighted by Crippen LogP contribution is -2.40. The molecule has 0 atom stereocenters. The number of morpholine rings is 2. The number of ether oxygens (including phenoxy) is 2.